The minimum atomic E-state index is -0.967. The van der Waals surface area contributed by atoms with Gasteiger partial charge in [0.1, 0.15) is 11.6 Å². The van der Waals surface area contributed by atoms with Crippen LogP contribution in [0.25, 0.3) is 5.69 Å². The number of aromatic nitrogens is 2. The molecule has 4 N–H and O–H groups in total. The summed E-state index contributed by atoms with van der Waals surface area (Å²) in [5.41, 5.74) is 6.68. The lowest BCUT2D eigenvalue weighted by molar-refractivity contribution is -0.136. The minimum absolute atomic E-state index is 0.0946. The number of hydrogen-bond donors (Lipinski definition) is 3. The molecule has 2 rings (SSSR count). The van der Waals surface area contributed by atoms with Crippen LogP contribution in [0.4, 0.5) is 5.82 Å². The molecule has 0 aliphatic rings. The van der Waals surface area contributed by atoms with Crippen LogP contribution in [0.1, 0.15) is 5.69 Å². The molecule has 0 bridgehead atoms. The molecule has 17 heavy (non-hydrogen) atoms. The number of anilines is 1. The van der Waals surface area contributed by atoms with Crippen LogP contribution in [0.2, 0.25) is 0 Å². The lowest BCUT2D eigenvalue weighted by Gasteiger charge is -2.03. The highest BCUT2D eigenvalue weighted by atomic mass is 16.4. The summed E-state index contributed by atoms with van der Waals surface area (Å²) >= 11 is 0. The van der Waals surface area contributed by atoms with E-state index in [1.54, 1.807) is 12.1 Å². The maximum absolute atomic E-state index is 10.5. The number of carbonyl (C=O) groups is 1. The van der Waals surface area contributed by atoms with Gasteiger partial charge in [0, 0.05) is 12.1 Å². The molecular weight excluding hydrogens is 222 g/mol. The molecule has 88 valence electrons. The molecule has 0 radical (unpaired) electrons. The van der Waals surface area contributed by atoms with Gasteiger partial charge < -0.3 is 15.9 Å². The zero-order valence-electron chi connectivity index (χ0n) is 8.87. The lowest BCUT2D eigenvalue weighted by atomic mass is 10.3. The molecule has 0 fully saturated rings. The second kappa shape index (κ2) is 4.17. The Morgan fingerprint density at radius 3 is 2.82 bits per heavy atom. The fraction of sp³-hybridized carbons (Fsp3) is 0.0909. The zero-order chi connectivity index (χ0) is 12.4. The summed E-state index contributed by atoms with van der Waals surface area (Å²) < 4.78 is 1.39. The molecule has 0 spiro atoms. The number of hydrogen-bond acceptors (Lipinski definition) is 4. The largest absolute Gasteiger partial charge is 0.508 e. The first-order valence-electron chi connectivity index (χ1n) is 4.92. The topological polar surface area (TPSA) is 101 Å². The number of phenols is 1. The van der Waals surface area contributed by atoms with Gasteiger partial charge in [-0.1, -0.05) is 6.07 Å². The lowest BCUT2D eigenvalue weighted by Crippen LogP contribution is -2.03. The monoisotopic (exact) mass is 233 g/mol. The molecular formula is C11H11N3O3. The maximum Gasteiger partial charge on any atom is 0.309 e. The number of aromatic hydroxyl groups is 1. The van der Waals surface area contributed by atoms with Gasteiger partial charge in [0.2, 0.25) is 0 Å². The van der Waals surface area contributed by atoms with Crippen LogP contribution >= 0.6 is 0 Å². The van der Waals surface area contributed by atoms with Crippen molar-refractivity contribution in [3.05, 3.63) is 36.0 Å². The van der Waals surface area contributed by atoms with Crippen molar-refractivity contribution in [3.8, 4) is 11.4 Å². The number of nitrogens with two attached hydrogens (primary N) is 1. The van der Waals surface area contributed by atoms with Crippen molar-refractivity contribution in [2.45, 2.75) is 6.42 Å². The van der Waals surface area contributed by atoms with Crippen molar-refractivity contribution in [2.24, 2.45) is 0 Å². The predicted octanol–water partition coefficient (Wildman–Crippen LogP) is 0.787. The van der Waals surface area contributed by atoms with E-state index in [4.69, 9.17) is 10.8 Å². The Hall–Kier alpha value is -2.50. The van der Waals surface area contributed by atoms with Crippen molar-refractivity contribution in [1.82, 2.24) is 9.78 Å². The average Bonchev–Trinajstić information content (AvgIpc) is 2.58. The number of rotatable bonds is 3. The highest BCUT2D eigenvalue weighted by molar-refractivity contribution is 5.70. The van der Waals surface area contributed by atoms with Gasteiger partial charge in [-0.3, -0.25) is 4.79 Å². The van der Waals surface area contributed by atoms with Crippen molar-refractivity contribution in [1.29, 1.82) is 0 Å². The summed E-state index contributed by atoms with van der Waals surface area (Å²) in [5.74, 6) is -0.547. The Labute approximate surface area is 96.9 Å². The van der Waals surface area contributed by atoms with E-state index in [0.29, 0.717) is 17.2 Å². The van der Waals surface area contributed by atoms with Crippen molar-refractivity contribution in [3.63, 3.8) is 0 Å². The molecule has 2 aromatic rings. The molecule has 0 amide bonds. The minimum Gasteiger partial charge on any atom is -0.508 e. The van der Waals surface area contributed by atoms with E-state index in [9.17, 15) is 9.90 Å². The number of carboxylic acids is 1. The summed E-state index contributed by atoms with van der Waals surface area (Å²) in [6, 6.07) is 7.89. The van der Waals surface area contributed by atoms with E-state index in [1.807, 2.05) is 0 Å². The Morgan fingerprint density at radius 1 is 1.41 bits per heavy atom. The predicted molar refractivity (Wildman–Crippen MR) is 61.0 cm³/mol. The normalized spacial score (nSPS) is 10.4. The van der Waals surface area contributed by atoms with Gasteiger partial charge in [-0.2, -0.15) is 5.10 Å². The van der Waals surface area contributed by atoms with Gasteiger partial charge in [0.05, 0.1) is 17.8 Å². The van der Waals surface area contributed by atoms with Crippen LogP contribution in [0.15, 0.2) is 30.3 Å². The Bertz CT molecular complexity index is 563. The molecule has 0 unspecified atom stereocenters. The van der Waals surface area contributed by atoms with Crippen LogP contribution in [0, 0.1) is 0 Å². The summed E-state index contributed by atoms with van der Waals surface area (Å²) in [5, 5.41) is 22.1. The number of benzene rings is 1. The summed E-state index contributed by atoms with van der Waals surface area (Å²) in [7, 11) is 0. The molecule has 0 aliphatic heterocycles. The van der Waals surface area contributed by atoms with E-state index in [-0.39, 0.29) is 12.2 Å². The first-order valence-corrected chi connectivity index (χ1v) is 4.92. The molecule has 6 nitrogen and oxygen atoms in total. The molecule has 6 heteroatoms. The third kappa shape index (κ3) is 2.36. The number of phenolic OH excluding ortho intramolecular Hbond substituents is 1. The van der Waals surface area contributed by atoms with E-state index >= 15 is 0 Å². The third-order valence-corrected chi connectivity index (χ3v) is 2.19. The number of carboxylic acid groups (broad SMARTS) is 1. The summed E-state index contributed by atoms with van der Waals surface area (Å²) in [6.45, 7) is 0. The molecule has 1 heterocycles. The number of aliphatic carboxylic acids is 1. The van der Waals surface area contributed by atoms with Crippen LogP contribution < -0.4 is 5.73 Å². The second-order valence-electron chi connectivity index (χ2n) is 3.56. The van der Waals surface area contributed by atoms with Crippen LogP contribution in [-0.2, 0) is 11.2 Å². The van der Waals surface area contributed by atoms with Crippen LogP contribution in [-0.4, -0.2) is 26.0 Å². The summed E-state index contributed by atoms with van der Waals surface area (Å²) in [4.78, 5) is 10.5. The Morgan fingerprint density at radius 2 is 2.18 bits per heavy atom. The fourth-order valence-corrected chi connectivity index (χ4v) is 1.52. The van der Waals surface area contributed by atoms with Crippen LogP contribution in [0.3, 0.4) is 0 Å². The van der Waals surface area contributed by atoms with Crippen molar-refractivity contribution in [2.75, 3.05) is 5.73 Å². The van der Waals surface area contributed by atoms with Gasteiger partial charge in [-0.25, -0.2) is 4.68 Å². The summed E-state index contributed by atoms with van der Waals surface area (Å²) in [6.07, 6.45) is -0.185. The highest BCUT2D eigenvalue weighted by Crippen LogP contribution is 2.18. The van der Waals surface area contributed by atoms with E-state index in [0.717, 1.165) is 0 Å². The third-order valence-electron chi connectivity index (χ3n) is 2.19. The molecule has 0 saturated heterocycles. The van der Waals surface area contributed by atoms with Crippen molar-refractivity contribution < 1.29 is 15.0 Å². The smallest absolute Gasteiger partial charge is 0.309 e. The molecule has 1 aromatic heterocycles. The second-order valence-corrected chi connectivity index (χ2v) is 3.56. The van der Waals surface area contributed by atoms with Gasteiger partial charge in [-0.05, 0) is 12.1 Å². The fourth-order valence-electron chi connectivity index (χ4n) is 1.52. The molecule has 0 aliphatic carbocycles. The maximum atomic E-state index is 10.5. The molecule has 0 saturated carbocycles. The van der Waals surface area contributed by atoms with E-state index in [1.165, 1.54) is 22.9 Å². The standard InChI is InChI=1S/C11H11N3O3/c12-10-4-7(5-11(16)17)13-14(10)8-2-1-3-9(15)6-8/h1-4,6,15H,5,12H2,(H,16,17). The molecule has 1 aromatic carbocycles. The van der Waals surface area contributed by atoms with E-state index in [2.05, 4.69) is 5.10 Å². The highest BCUT2D eigenvalue weighted by Gasteiger charge is 2.10. The molecule has 0 atom stereocenters. The van der Waals surface area contributed by atoms with Gasteiger partial charge in [0.15, 0.2) is 0 Å². The number of nitrogens with zero attached hydrogens (tertiary/aromatic N) is 2. The first-order chi connectivity index (χ1) is 8.06. The van der Waals surface area contributed by atoms with Gasteiger partial charge in [-0.15, -0.1) is 0 Å². The number of nitrogen functional groups attached to an aromatic ring is 1. The SMILES string of the molecule is Nc1cc(CC(=O)O)nn1-c1cccc(O)c1. The zero-order valence-corrected chi connectivity index (χ0v) is 8.87. The van der Waals surface area contributed by atoms with Crippen molar-refractivity contribution >= 4 is 11.8 Å². The van der Waals surface area contributed by atoms with Gasteiger partial charge in [0.25, 0.3) is 0 Å². The average molecular weight is 233 g/mol. The van der Waals surface area contributed by atoms with E-state index < -0.39 is 5.97 Å². The quantitative estimate of drug-likeness (QED) is 0.727. The Kier molecular flexibility index (Phi) is 2.70. The van der Waals surface area contributed by atoms with Gasteiger partial charge >= 0.3 is 5.97 Å². The Balaban J connectivity index is 2.39. The first kappa shape index (κ1) is 11.0. The van der Waals surface area contributed by atoms with Crippen LogP contribution in [0.5, 0.6) is 5.75 Å².